The van der Waals surface area contributed by atoms with Gasteiger partial charge >= 0.3 is 12.0 Å². The van der Waals surface area contributed by atoms with Crippen molar-refractivity contribution in [2.24, 2.45) is 5.92 Å². The van der Waals surface area contributed by atoms with Crippen molar-refractivity contribution in [3.8, 4) is 0 Å². The molecule has 0 bridgehead atoms. The SMILES string of the molecule is O=C(O)C1CC2CCCCC2N1C(=O)NC1CCOC1. The molecule has 0 aromatic carbocycles. The van der Waals surface area contributed by atoms with Crippen LogP contribution in [0.2, 0.25) is 0 Å². The van der Waals surface area contributed by atoms with Crippen LogP contribution in [-0.2, 0) is 9.53 Å². The van der Waals surface area contributed by atoms with Gasteiger partial charge in [-0.1, -0.05) is 12.8 Å². The van der Waals surface area contributed by atoms with Gasteiger partial charge in [-0.25, -0.2) is 9.59 Å². The number of carboxylic acids is 1. The molecule has 1 saturated carbocycles. The number of ether oxygens (including phenoxy) is 1. The first-order valence-electron chi connectivity index (χ1n) is 7.56. The monoisotopic (exact) mass is 282 g/mol. The van der Waals surface area contributed by atoms with E-state index in [2.05, 4.69) is 5.32 Å². The lowest BCUT2D eigenvalue weighted by Gasteiger charge is -2.33. The topological polar surface area (TPSA) is 78.9 Å². The largest absolute Gasteiger partial charge is 0.480 e. The van der Waals surface area contributed by atoms with Crippen LogP contribution in [0.15, 0.2) is 0 Å². The summed E-state index contributed by atoms with van der Waals surface area (Å²) < 4.78 is 5.25. The maximum Gasteiger partial charge on any atom is 0.326 e. The summed E-state index contributed by atoms with van der Waals surface area (Å²) in [4.78, 5) is 25.5. The van der Waals surface area contributed by atoms with E-state index in [1.165, 1.54) is 0 Å². The van der Waals surface area contributed by atoms with Gasteiger partial charge in [0.25, 0.3) is 0 Å². The first-order chi connectivity index (χ1) is 9.66. The maximum atomic E-state index is 12.5. The van der Waals surface area contributed by atoms with Crippen LogP contribution >= 0.6 is 0 Å². The van der Waals surface area contributed by atoms with E-state index in [9.17, 15) is 14.7 Å². The van der Waals surface area contributed by atoms with E-state index in [1.807, 2.05) is 0 Å². The van der Waals surface area contributed by atoms with E-state index in [4.69, 9.17) is 4.74 Å². The molecule has 2 amide bonds. The lowest BCUT2D eigenvalue weighted by Crippen LogP contribution is -2.53. The number of nitrogens with zero attached hydrogens (tertiary/aromatic N) is 1. The molecule has 1 aliphatic carbocycles. The molecule has 2 heterocycles. The van der Waals surface area contributed by atoms with Gasteiger partial charge in [-0.05, 0) is 31.6 Å². The van der Waals surface area contributed by atoms with E-state index in [0.29, 0.717) is 25.6 Å². The molecule has 0 spiro atoms. The highest BCUT2D eigenvalue weighted by Gasteiger charge is 2.47. The van der Waals surface area contributed by atoms with Gasteiger partial charge in [0.05, 0.1) is 12.6 Å². The Morgan fingerprint density at radius 1 is 1.20 bits per heavy atom. The highest BCUT2D eigenvalue weighted by Crippen LogP contribution is 2.39. The molecule has 0 radical (unpaired) electrons. The molecule has 3 rings (SSSR count). The summed E-state index contributed by atoms with van der Waals surface area (Å²) in [5.74, 6) is -0.521. The highest BCUT2D eigenvalue weighted by molar-refractivity contribution is 5.84. The van der Waals surface area contributed by atoms with Crippen LogP contribution in [-0.4, -0.2) is 53.3 Å². The Labute approximate surface area is 118 Å². The van der Waals surface area contributed by atoms with Crippen LogP contribution in [0.3, 0.4) is 0 Å². The fourth-order valence-electron chi connectivity index (χ4n) is 3.87. The van der Waals surface area contributed by atoms with Crippen molar-refractivity contribution < 1.29 is 19.4 Å². The highest BCUT2D eigenvalue weighted by atomic mass is 16.5. The van der Waals surface area contributed by atoms with Crippen molar-refractivity contribution in [2.45, 2.75) is 56.7 Å². The minimum atomic E-state index is -0.878. The summed E-state index contributed by atoms with van der Waals surface area (Å²) in [7, 11) is 0. The second-order valence-electron chi connectivity index (χ2n) is 6.12. The van der Waals surface area contributed by atoms with Crippen LogP contribution in [0.25, 0.3) is 0 Å². The molecule has 20 heavy (non-hydrogen) atoms. The first kappa shape index (κ1) is 13.7. The number of rotatable bonds is 2. The van der Waals surface area contributed by atoms with Crippen molar-refractivity contribution in [1.29, 1.82) is 0 Å². The molecule has 3 aliphatic rings. The predicted octanol–water partition coefficient (Wildman–Crippen LogP) is 1.20. The van der Waals surface area contributed by atoms with Gasteiger partial charge in [0.2, 0.25) is 0 Å². The Morgan fingerprint density at radius 3 is 2.70 bits per heavy atom. The number of carbonyl (C=O) groups excluding carboxylic acids is 1. The van der Waals surface area contributed by atoms with Crippen LogP contribution in [0, 0.1) is 5.92 Å². The fraction of sp³-hybridized carbons (Fsp3) is 0.857. The van der Waals surface area contributed by atoms with Crippen LogP contribution < -0.4 is 5.32 Å². The van der Waals surface area contributed by atoms with Gasteiger partial charge in [0.1, 0.15) is 6.04 Å². The van der Waals surface area contributed by atoms with E-state index in [-0.39, 0.29) is 18.1 Å². The Balaban J connectivity index is 1.72. The van der Waals surface area contributed by atoms with Gasteiger partial charge < -0.3 is 20.1 Å². The van der Waals surface area contributed by atoms with Crippen molar-refractivity contribution in [3.05, 3.63) is 0 Å². The van der Waals surface area contributed by atoms with E-state index in [1.54, 1.807) is 4.90 Å². The van der Waals surface area contributed by atoms with Crippen molar-refractivity contribution in [3.63, 3.8) is 0 Å². The fourth-order valence-corrected chi connectivity index (χ4v) is 3.87. The number of aliphatic carboxylic acids is 1. The second-order valence-corrected chi connectivity index (χ2v) is 6.12. The average molecular weight is 282 g/mol. The van der Waals surface area contributed by atoms with Gasteiger partial charge in [-0.15, -0.1) is 0 Å². The van der Waals surface area contributed by atoms with E-state index >= 15 is 0 Å². The van der Waals surface area contributed by atoms with Gasteiger partial charge in [-0.3, -0.25) is 0 Å². The number of urea groups is 1. The molecule has 3 fully saturated rings. The molecular weight excluding hydrogens is 260 g/mol. The summed E-state index contributed by atoms with van der Waals surface area (Å²) >= 11 is 0. The third-order valence-corrected chi connectivity index (χ3v) is 4.86. The Kier molecular flexibility index (Phi) is 3.83. The molecule has 2 saturated heterocycles. The molecule has 2 N–H and O–H groups in total. The second kappa shape index (κ2) is 5.60. The summed E-state index contributed by atoms with van der Waals surface area (Å²) in [5, 5.41) is 12.3. The van der Waals surface area contributed by atoms with E-state index in [0.717, 1.165) is 32.1 Å². The third kappa shape index (κ3) is 2.49. The smallest absolute Gasteiger partial charge is 0.326 e. The maximum absolute atomic E-state index is 12.5. The minimum absolute atomic E-state index is 0.0274. The number of hydrogen-bond acceptors (Lipinski definition) is 3. The lowest BCUT2D eigenvalue weighted by molar-refractivity contribution is -0.141. The Morgan fingerprint density at radius 2 is 2.00 bits per heavy atom. The van der Waals surface area contributed by atoms with Gasteiger partial charge in [-0.2, -0.15) is 0 Å². The summed E-state index contributed by atoms with van der Waals surface area (Å²) in [6.07, 6.45) is 5.64. The number of carboxylic acid groups (broad SMARTS) is 1. The standard InChI is InChI=1S/C14H22N2O4/c17-13(18)12-7-9-3-1-2-4-11(9)16(12)14(19)15-10-5-6-20-8-10/h9-12H,1-8H2,(H,15,19)(H,17,18). The van der Waals surface area contributed by atoms with Crippen molar-refractivity contribution >= 4 is 12.0 Å². The number of nitrogens with one attached hydrogen (secondary N) is 1. The van der Waals surface area contributed by atoms with E-state index < -0.39 is 12.0 Å². The lowest BCUT2D eigenvalue weighted by atomic mass is 9.85. The van der Waals surface area contributed by atoms with Gasteiger partial charge in [0.15, 0.2) is 0 Å². The third-order valence-electron chi connectivity index (χ3n) is 4.86. The molecule has 4 atom stereocenters. The molecule has 6 nitrogen and oxygen atoms in total. The summed E-state index contributed by atoms with van der Waals surface area (Å²) in [5.41, 5.74) is 0. The quantitative estimate of drug-likeness (QED) is 0.797. The molecule has 6 heteroatoms. The normalized spacial score (nSPS) is 36.7. The molecule has 4 unspecified atom stereocenters. The zero-order valence-electron chi connectivity index (χ0n) is 11.6. The number of likely N-dealkylation sites (tertiary alicyclic amines) is 1. The molecule has 112 valence electrons. The molecule has 0 aromatic rings. The van der Waals surface area contributed by atoms with Crippen LogP contribution in [0.4, 0.5) is 4.79 Å². The number of fused-ring (bicyclic) bond motifs is 1. The zero-order chi connectivity index (χ0) is 14.1. The number of carbonyl (C=O) groups is 2. The van der Waals surface area contributed by atoms with Crippen LogP contribution in [0.5, 0.6) is 0 Å². The van der Waals surface area contributed by atoms with Crippen molar-refractivity contribution in [1.82, 2.24) is 10.2 Å². The van der Waals surface area contributed by atoms with Crippen molar-refractivity contribution in [2.75, 3.05) is 13.2 Å². The average Bonchev–Trinajstić information content (AvgIpc) is 3.04. The number of amides is 2. The zero-order valence-corrected chi connectivity index (χ0v) is 11.6. The summed E-state index contributed by atoms with van der Waals surface area (Å²) in [6.45, 7) is 1.20. The predicted molar refractivity (Wildman–Crippen MR) is 71.4 cm³/mol. The Hall–Kier alpha value is -1.30. The summed E-state index contributed by atoms with van der Waals surface area (Å²) in [6, 6.07) is -0.750. The minimum Gasteiger partial charge on any atom is -0.480 e. The van der Waals surface area contributed by atoms with Gasteiger partial charge in [0, 0.05) is 12.6 Å². The number of hydrogen-bond donors (Lipinski definition) is 2. The Bertz CT molecular complexity index is 395. The first-order valence-corrected chi connectivity index (χ1v) is 7.56. The molecular formula is C14H22N2O4. The van der Waals surface area contributed by atoms with Crippen LogP contribution in [0.1, 0.15) is 38.5 Å². The molecule has 2 aliphatic heterocycles. The molecule has 0 aromatic heterocycles.